The van der Waals surface area contributed by atoms with Crippen LogP contribution in [0.5, 0.6) is 5.75 Å². The molecule has 1 rings (SSSR count). The van der Waals surface area contributed by atoms with Gasteiger partial charge in [0.05, 0.1) is 17.7 Å². The van der Waals surface area contributed by atoms with Crippen molar-refractivity contribution in [1.29, 1.82) is 0 Å². The van der Waals surface area contributed by atoms with Gasteiger partial charge in [-0.3, -0.25) is 0 Å². The molecule has 0 saturated carbocycles. The summed E-state index contributed by atoms with van der Waals surface area (Å²) in [5.74, 6) is -0.707. The lowest BCUT2D eigenvalue weighted by Crippen LogP contribution is -2.01. The Morgan fingerprint density at radius 2 is 2.21 bits per heavy atom. The molecule has 0 spiro atoms. The maximum absolute atomic E-state index is 10.7. The van der Waals surface area contributed by atoms with Crippen LogP contribution in [0.2, 0.25) is 5.02 Å². The molecule has 0 heterocycles. The number of carbonyl (C=O) groups is 1. The Morgan fingerprint density at radius 3 is 2.71 bits per heavy atom. The number of hydrogen-bond donors (Lipinski definition) is 1. The van der Waals surface area contributed by atoms with Gasteiger partial charge >= 0.3 is 5.97 Å². The predicted molar refractivity (Wildman–Crippen MR) is 54.7 cm³/mol. The molecule has 0 saturated heterocycles. The number of carboxylic acids is 1. The SMILES string of the molecule is C=C(C(=O)O)c1c(Cl)cccc1OC. The molecule has 4 heteroatoms. The third-order valence-electron chi connectivity index (χ3n) is 1.76. The summed E-state index contributed by atoms with van der Waals surface area (Å²) in [6.45, 7) is 3.43. The zero-order chi connectivity index (χ0) is 10.7. The van der Waals surface area contributed by atoms with Gasteiger partial charge in [0.2, 0.25) is 0 Å². The van der Waals surface area contributed by atoms with Crippen LogP contribution in [0, 0.1) is 0 Å². The molecule has 74 valence electrons. The molecule has 0 atom stereocenters. The normalized spacial score (nSPS) is 9.57. The second-order valence-corrected chi connectivity index (χ2v) is 3.01. The van der Waals surface area contributed by atoms with Crippen LogP contribution in [0.1, 0.15) is 5.56 Å². The summed E-state index contributed by atoms with van der Waals surface area (Å²) in [4.78, 5) is 10.7. The molecule has 0 aliphatic rings. The highest BCUT2D eigenvalue weighted by Gasteiger charge is 2.15. The van der Waals surface area contributed by atoms with Crippen LogP contribution in [-0.2, 0) is 4.79 Å². The van der Waals surface area contributed by atoms with E-state index in [0.29, 0.717) is 16.3 Å². The minimum absolute atomic E-state index is 0.0764. The van der Waals surface area contributed by atoms with Gasteiger partial charge in [0.15, 0.2) is 0 Å². The maximum atomic E-state index is 10.7. The van der Waals surface area contributed by atoms with E-state index in [1.54, 1.807) is 18.2 Å². The second kappa shape index (κ2) is 4.15. The first-order chi connectivity index (χ1) is 6.57. The maximum Gasteiger partial charge on any atom is 0.335 e. The van der Waals surface area contributed by atoms with E-state index in [-0.39, 0.29) is 5.57 Å². The molecule has 1 aromatic rings. The van der Waals surface area contributed by atoms with Gasteiger partial charge < -0.3 is 9.84 Å². The lowest BCUT2D eigenvalue weighted by Gasteiger charge is -2.09. The summed E-state index contributed by atoms with van der Waals surface area (Å²) in [6.07, 6.45) is 0. The van der Waals surface area contributed by atoms with Crippen LogP contribution in [0.3, 0.4) is 0 Å². The molecule has 0 unspecified atom stereocenters. The van der Waals surface area contributed by atoms with Crippen LogP contribution in [0.4, 0.5) is 0 Å². The summed E-state index contributed by atoms with van der Waals surface area (Å²) < 4.78 is 4.99. The summed E-state index contributed by atoms with van der Waals surface area (Å²) >= 11 is 5.84. The van der Waals surface area contributed by atoms with Gasteiger partial charge in [-0.2, -0.15) is 0 Å². The summed E-state index contributed by atoms with van der Waals surface area (Å²) in [6, 6.07) is 4.91. The molecule has 0 bridgehead atoms. The number of hydrogen-bond acceptors (Lipinski definition) is 2. The molecular weight excluding hydrogens is 204 g/mol. The highest BCUT2D eigenvalue weighted by Crippen LogP contribution is 2.31. The van der Waals surface area contributed by atoms with Gasteiger partial charge in [-0.25, -0.2) is 4.79 Å². The smallest absolute Gasteiger partial charge is 0.335 e. The fraction of sp³-hybridized carbons (Fsp3) is 0.100. The van der Waals surface area contributed by atoms with Gasteiger partial charge in [0.25, 0.3) is 0 Å². The quantitative estimate of drug-likeness (QED) is 0.783. The minimum atomic E-state index is -1.11. The average molecular weight is 213 g/mol. The number of carboxylic acid groups (broad SMARTS) is 1. The van der Waals surface area contributed by atoms with Gasteiger partial charge in [0, 0.05) is 5.56 Å². The van der Waals surface area contributed by atoms with Crippen LogP contribution >= 0.6 is 11.6 Å². The Balaban J connectivity index is 3.30. The van der Waals surface area contributed by atoms with E-state index in [9.17, 15) is 4.79 Å². The number of rotatable bonds is 3. The first kappa shape index (κ1) is 10.6. The average Bonchev–Trinajstić information content (AvgIpc) is 2.16. The van der Waals surface area contributed by atoms with E-state index in [4.69, 9.17) is 21.4 Å². The Kier molecular flexibility index (Phi) is 3.14. The van der Waals surface area contributed by atoms with Gasteiger partial charge in [-0.05, 0) is 12.1 Å². The third kappa shape index (κ3) is 1.88. The van der Waals surface area contributed by atoms with Crippen molar-refractivity contribution in [3.8, 4) is 5.75 Å². The van der Waals surface area contributed by atoms with E-state index in [0.717, 1.165) is 0 Å². The van der Waals surface area contributed by atoms with E-state index < -0.39 is 5.97 Å². The molecule has 0 aliphatic heterocycles. The first-order valence-corrected chi connectivity index (χ1v) is 4.20. The molecule has 1 N–H and O–H groups in total. The Morgan fingerprint density at radius 1 is 1.57 bits per heavy atom. The summed E-state index contributed by atoms with van der Waals surface area (Å²) in [7, 11) is 1.45. The monoisotopic (exact) mass is 212 g/mol. The zero-order valence-corrected chi connectivity index (χ0v) is 8.34. The fourth-order valence-corrected chi connectivity index (χ4v) is 1.35. The minimum Gasteiger partial charge on any atom is -0.496 e. The number of ether oxygens (including phenoxy) is 1. The predicted octanol–water partition coefficient (Wildman–Crippen LogP) is 2.45. The van der Waals surface area contributed by atoms with E-state index >= 15 is 0 Å². The van der Waals surface area contributed by atoms with E-state index in [1.807, 2.05) is 0 Å². The summed E-state index contributed by atoms with van der Waals surface area (Å²) in [5.41, 5.74) is 0.247. The summed E-state index contributed by atoms with van der Waals surface area (Å²) in [5, 5.41) is 9.08. The number of methoxy groups -OCH3 is 1. The van der Waals surface area contributed by atoms with Gasteiger partial charge in [-0.15, -0.1) is 0 Å². The fourth-order valence-electron chi connectivity index (χ4n) is 1.07. The van der Waals surface area contributed by atoms with Crippen molar-refractivity contribution in [2.45, 2.75) is 0 Å². The van der Waals surface area contributed by atoms with Crippen LogP contribution in [0.25, 0.3) is 5.57 Å². The van der Waals surface area contributed by atoms with Crippen molar-refractivity contribution in [2.24, 2.45) is 0 Å². The molecular formula is C10H9ClO3. The van der Waals surface area contributed by atoms with Crippen LogP contribution in [-0.4, -0.2) is 18.2 Å². The number of aliphatic carboxylic acids is 1. The van der Waals surface area contributed by atoms with E-state index in [2.05, 4.69) is 6.58 Å². The van der Waals surface area contributed by atoms with Crippen LogP contribution < -0.4 is 4.74 Å². The number of benzene rings is 1. The largest absolute Gasteiger partial charge is 0.496 e. The Bertz CT molecular complexity index is 385. The second-order valence-electron chi connectivity index (χ2n) is 2.60. The molecule has 1 aromatic carbocycles. The molecule has 0 aliphatic carbocycles. The van der Waals surface area contributed by atoms with Crippen molar-refractivity contribution in [3.63, 3.8) is 0 Å². The zero-order valence-electron chi connectivity index (χ0n) is 7.58. The number of halogens is 1. The Labute approximate surface area is 86.6 Å². The van der Waals surface area contributed by atoms with E-state index in [1.165, 1.54) is 7.11 Å². The van der Waals surface area contributed by atoms with Crippen molar-refractivity contribution in [2.75, 3.05) is 7.11 Å². The molecule has 0 radical (unpaired) electrons. The van der Waals surface area contributed by atoms with Crippen molar-refractivity contribution < 1.29 is 14.6 Å². The van der Waals surface area contributed by atoms with Crippen molar-refractivity contribution >= 4 is 23.1 Å². The van der Waals surface area contributed by atoms with Crippen molar-refractivity contribution in [1.82, 2.24) is 0 Å². The lowest BCUT2D eigenvalue weighted by atomic mass is 10.1. The highest BCUT2D eigenvalue weighted by molar-refractivity contribution is 6.34. The Hall–Kier alpha value is -1.48. The standard InChI is InChI=1S/C10H9ClO3/c1-6(10(12)13)9-7(11)4-3-5-8(9)14-2/h3-5H,1H2,2H3,(H,12,13). The molecule has 0 fully saturated rings. The third-order valence-corrected chi connectivity index (χ3v) is 2.07. The molecule has 0 amide bonds. The van der Waals surface area contributed by atoms with Crippen molar-refractivity contribution in [3.05, 3.63) is 35.4 Å². The molecule has 0 aromatic heterocycles. The first-order valence-electron chi connectivity index (χ1n) is 3.83. The van der Waals surface area contributed by atoms with Gasteiger partial charge in [0.1, 0.15) is 5.75 Å². The topological polar surface area (TPSA) is 46.5 Å². The lowest BCUT2D eigenvalue weighted by molar-refractivity contribution is -0.130. The highest BCUT2D eigenvalue weighted by atomic mass is 35.5. The van der Waals surface area contributed by atoms with Crippen LogP contribution in [0.15, 0.2) is 24.8 Å². The molecule has 3 nitrogen and oxygen atoms in total. The molecule has 14 heavy (non-hydrogen) atoms. The van der Waals surface area contributed by atoms with Gasteiger partial charge in [-0.1, -0.05) is 24.2 Å².